The molecule has 4 aromatic carbocycles. The van der Waals surface area contributed by atoms with Crippen molar-refractivity contribution in [3.05, 3.63) is 136 Å². The van der Waals surface area contributed by atoms with E-state index in [1.165, 1.54) is 0 Å². The van der Waals surface area contributed by atoms with Crippen LogP contribution in [0.25, 0.3) is 6.08 Å². The summed E-state index contributed by atoms with van der Waals surface area (Å²) >= 11 is 3.39. The topological polar surface area (TPSA) is 61.8 Å². The minimum Gasteiger partial charge on any atom is -0.322 e. The number of anilines is 2. The molecule has 0 aliphatic carbocycles. The Hall–Kier alpha value is -4.29. The van der Waals surface area contributed by atoms with Gasteiger partial charge in [0.2, 0.25) is 0 Å². The second kappa shape index (κ2) is 9.91. The lowest BCUT2D eigenvalue weighted by molar-refractivity contribution is -0.113. The molecule has 35 heavy (non-hydrogen) atoms. The highest BCUT2D eigenvalue weighted by atomic mass is 79.9. The predicted octanol–water partition coefficient (Wildman–Crippen LogP) is 6.54. The highest BCUT2D eigenvalue weighted by Crippen LogP contribution is 2.28. The van der Waals surface area contributed by atoms with Crippen molar-refractivity contribution in [2.24, 2.45) is 4.99 Å². The number of amidine groups is 1. The summed E-state index contributed by atoms with van der Waals surface area (Å²) in [5.41, 5.74) is 3.90. The average Bonchev–Trinajstić information content (AvgIpc) is 3.22. The Balaban J connectivity index is 1.44. The van der Waals surface area contributed by atoms with E-state index in [1.807, 2.05) is 84.9 Å². The molecule has 0 radical (unpaired) electrons. The lowest BCUT2D eigenvalue weighted by Gasteiger charge is -2.19. The molecular weight excluding hydrogens is 502 g/mol. The summed E-state index contributed by atoms with van der Waals surface area (Å²) in [4.78, 5) is 32.4. The van der Waals surface area contributed by atoms with Crippen molar-refractivity contribution in [1.29, 1.82) is 0 Å². The number of aliphatic imine (C=N–C) groups is 1. The van der Waals surface area contributed by atoms with E-state index < -0.39 is 0 Å². The summed E-state index contributed by atoms with van der Waals surface area (Å²) in [6, 6.07) is 33.5. The number of hydrogen-bond donors (Lipinski definition) is 1. The van der Waals surface area contributed by atoms with Crippen LogP contribution in [-0.2, 0) is 4.79 Å². The maximum absolute atomic E-state index is 13.4. The number of amides is 2. The van der Waals surface area contributed by atoms with Crippen LogP contribution in [0.4, 0.5) is 11.4 Å². The van der Waals surface area contributed by atoms with Crippen LogP contribution >= 0.6 is 15.9 Å². The van der Waals surface area contributed by atoms with Gasteiger partial charge in [-0.3, -0.25) is 14.5 Å². The first kappa shape index (κ1) is 22.5. The number of nitrogens with one attached hydrogen (secondary N) is 1. The smallest absolute Gasteiger partial charge is 0.282 e. The molecule has 170 valence electrons. The second-order valence-electron chi connectivity index (χ2n) is 7.89. The number of halogens is 1. The van der Waals surface area contributed by atoms with Crippen LogP contribution in [0.15, 0.2) is 124 Å². The maximum atomic E-state index is 13.4. The Morgan fingerprint density at radius 1 is 0.800 bits per heavy atom. The molecule has 1 heterocycles. The molecule has 0 saturated carbocycles. The van der Waals surface area contributed by atoms with Gasteiger partial charge >= 0.3 is 0 Å². The fourth-order valence-corrected chi connectivity index (χ4v) is 4.01. The lowest BCUT2D eigenvalue weighted by atomic mass is 10.1. The Morgan fingerprint density at radius 3 is 2.09 bits per heavy atom. The first-order valence-electron chi connectivity index (χ1n) is 11.0. The van der Waals surface area contributed by atoms with Gasteiger partial charge in [0, 0.05) is 21.3 Å². The molecular formula is C29H20BrN3O2. The van der Waals surface area contributed by atoms with E-state index >= 15 is 0 Å². The number of nitrogens with zero attached hydrogens (tertiary/aromatic N) is 2. The van der Waals surface area contributed by atoms with Gasteiger partial charge in [0.05, 0.1) is 5.69 Å². The van der Waals surface area contributed by atoms with Crippen molar-refractivity contribution in [3.8, 4) is 0 Å². The van der Waals surface area contributed by atoms with Crippen LogP contribution < -0.4 is 10.2 Å². The van der Waals surface area contributed by atoms with Crippen LogP contribution in [-0.4, -0.2) is 17.6 Å². The first-order valence-corrected chi connectivity index (χ1v) is 11.8. The van der Waals surface area contributed by atoms with E-state index in [9.17, 15) is 9.59 Å². The minimum atomic E-state index is -0.228. The molecule has 0 spiro atoms. The average molecular weight is 522 g/mol. The number of carbonyl (C=O) groups is 2. The third-order valence-corrected chi connectivity index (χ3v) is 6.01. The minimum absolute atomic E-state index is 0.222. The standard InChI is InChI=1S/C29H20BrN3O2/c30-23-13-15-24(16-14-23)31-28(34)22-11-17-25(18-12-22)33-27(21-9-5-2-6-10-21)32-26(29(33)35)19-20-7-3-1-4-8-20/h1-19H,(H,31,34)/b26-19-. The normalized spacial score (nSPS) is 14.2. The molecule has 0 aromatic heterocycles. The number of hydrogen-bond acceptors (Lipinski definition) is 3. The van der Waals surface area contributed by atoms with Gasteiger partial charge in [-0.25, -0.2) is 4.99 Å². The molecule has 1 aliphatic rings. The predicted molar refractivity (Wildman–Crippen MR) is 143 cm³/mol. The molecule has 6 heteroatoms. The van der Waals surface area contributed by atoms with Crippen molar-refractivity contribution in [1.82, 2.24) is 0 Å². The third kappa shape index (κ3) is 4.98. The van der Waals surface area contributed by atoms with Crippen molar-refractivity contribution < 1.29 is 9.59 Å². The third-order valence-electron chi connectivity index (χ3n) is 5.49. The largest absolute Gasteiger partial charge is 0.322 e. The van der Waals surface area contributed by atoms with E-state index in [2.05, 4.69) is 26.2 Å². The maximum Gasteiger partial charge on any atom is 0.282 e. The zero-order valence-corrected chi connectivity index (χ0v) is 20.1. The zero-order valence-electron chi connectivity index (χ0n) is 18.6. The molecule has 0 saturated heterocycles. The van der Waals surface area contributed by atoms with Crippen molar-refractivity contribution in [3.63, 3.8) is 0 Å². The molecule has 1 aliphatic heterocycles. The quantitative estimate of drug-likeness (QED) is 0.303. The van der Waals surface area contributed by atoms with Gasteiger partial charge in [0.25, 0.3) is 11.8 Å². The number of carbonyl (C=O) groups excluding carboxylic acids is 2. The van der Waals surface area contributed by atoms with Crippen molar-refractivity contribution in [2.45, 2.75) is 0 Å². The van der Waals surface area contributed by atoms with Gasteiger partial charge < -0.3 is 5.32 Å². The zero-order chi connectivity index (χ0) is 24.2. The fourth-order valence-electron chi connectivity index (χ4n) is 3.74. The van der Waals surface area contributed by atoms with Crippen molar-refractivity contribution >= 4 is 51.0 Å². The van der Waals surface area contributed by atoms with Gasteiger partial charge in [0.15, 0.2) is 0 Å². The van der Waals surface area contributed by atoms with Gasteiger partial charge in [0.1, 0.15) is 11.5 Å². The molecule has 5 rings (SSSR count). The molecule has 0 unspecified atom stereocenters. The van der Waals surface area contributed by atoms with Gasteiger partial charge in [-0.2, -0.15) is 0 Å². The number of rotatable bonds is 5. The Bertz CT molecular complexity index is 1430. The van der Waals surface area contributed by atoms with E-state index in [0.29, 0.717) is 28.5 Å². The number of benzene rings is 4. The Morgan fingerprint density at radius 2 is 1.43 bits per heavy atom. The van der Waals surface area contributed by atoms with E-state index in [1.54, 1.807) is 35.2 Å². The van der Waals surface area contributed by atoms with Crippen LogP contribution in [0.5, 0.6) is 0 Å². The lowest BCUT2D eigenvalue weighted by Crippen LogP contribution is -2.32. The van der Waals surface area contributed by atoms with E-state index in [4.69, 9.17) is 0 Å². The van der Waals surface area contributed by atoms with E-state index in [-0.39, 0.29) is 11.8 Å². The van der Waals surface area contributed by atoms with Crippen molar-refractivity contribution in [2.75, 3.05) is 10.2 Å². The first-order chi connectivity index (χ1) is 17.1. The highest BCUT2D eigenvalue weighted by molar-refractivity contribution is 9.10. The Kier molecular flexibility index (Phi) is 6.37. The van der Waals surface area contributed by atoms with Crippen LogP contribution in [0.3, 0.4) is 0 Å². The highest BCUT2D eigenvalue weighted by Gasteiger charge is 2.32. The van der Waals surface area contributed by atoms with Gasteiger partial charge in [-0.1, -0.05) is 76.6 Å². The summed E-state index contributed by atoms with van der Waals surface area (Å²) in [5, 5.41) is 2.88. The summed E-state index contributed by atoms with van der Waals surface area (Å²) in [7, 11) is 0. The molecule has 2 amide bonds. The Labute approximate surface area is 211 Å². The van der Waals surface area contributed by atoms with Gasteiger partial charge in [-0.15, -0.1) is 0 Å². The van der Waals surface area contributed by atoms with Crippen LogP contribution in [0.1, 0.15) is 21.5 Å². The summed E-state index contributed by atoms with van der Waals surface area (Å²) in [6.45, 7) is 0. The molecule has 0 fully saturated rings. The van der Waals surface area contributed by atoms with Crippen LogP contribution in [0.2, 0.25) is 0 Å². The summed E-state index contributed by atoms with van der Waals surface area (Å²) in [6.07, 6.45) is 1.78. The second-order valence-corrected chi connectivity index (χ2v) is 8.81. The molecule has 0 atom stereocenters. The molecule has 0 bridgehead atoms. The molecule has 4 aromatic rings. The summed E-state index contributed by atoms with van der Waals surface area (Å²) < 4.78 is 0.937. The fraction of sp³-hybridized carbons (Fsp3) is 0. The monoisotopic (exact) mass is 521 g/mol. The SMILES string of the molecule is O=C(Nc1ccc(Br)cc1)c1ccc(N2C(=O)/C(=C/c3ccccc3)N=C2c2ccccc2)cc1. The van der Waals surface area contributed by atoms with Gasteiger partial charge in [-0.05, 0) is 60.2 Å². The van der Waals surface area contributed by atoms with E-state index in [0.717, 1.165) is 15.6 Å². The molecule has 1 N–H and O–H groups in total. The van der Waals surface area contributed by atoms with Crippen LogP contribution in [0, 0.1) is 0 Å². The molecule has 5 nitrogen and oxygen atoms in total. The summed E-state index contributed by atoms with van der Waals surface area (Å²) in [5.74, 6) is 0.0952.